The van der Waals surface area contributed by atoms with Crippen LogP contribution in [0.15, 0.2) is 30.3 Å². The van der Waals surface area contributed by atoms with E-state index in [-0.39, 0.29) is 23.1 Å². The van der Waals surface area contributed by atoms with Crippen molar-refractivity contribution in [3.05, 3.63) is 35.9 Å². The number of benzene rings is 1. The van der Waals surface area contributed by atoms with Crippen LogP contribution in [0.5, 0.6) is 0 Å². The number of amides is 3. The van der Waals surface area contributed by atoms with Crippen LogP contribution in [0.25, 0.3) is 0 Å². The molecule has 31 heavy (non-hydrogen) atoms. The summed E-state index contributed by atoms with van der Waals surface area (Å²) in [5.74, 6) is 2.28. The molecule has 2 aliphatic heterocycles. The summed E-state index contributed by atoms with van der Waals surface area (Å²) < 4.78 is 0. The third kappa shape index (κ3) is 2.95. The van der Waals surface area contributed by atoms with Gasteiger partial charge in [0.25, 0.3) is 5.91 Å². The Morgan fingerprint density at radius 1 is 0.968 bits per heavy atom. The van der Waals surface area contributed by atoms with Crippen molar-refractivity contribution < 1.29 is 14.4 Å². The van der Waals surface area contributed by atoms with Crippen molar-refractivity contribution in [3.63, 3.8) is 0 Å². The van der Waals surface area contributed by atoms with Crippen LogP contribution in [-0.2, 0) is 19.3 Å². The van der Waals surface area contributed by atoms with Crippen molar-refractivity contribution in [1.82, 2.24) is 15.8 Å². The maximum atomic E-state index is 13.2. The van der Waals surface area contributed by atoms with E-state index in [1.54, 1.807) is 16.7 Å². The molecule has 0 radical (unpaired) electrons. The molecule has 6 fully saturated rings. The van der Waals surface area contributed by atoms with Crippen LogP contribution in [0.2, 0.25) is 0 Å². The van der Waals surface area contributed by atoms with Gasteiger partial charge < -0.3 is 4.90 Å². The Morgan fingerprint density at radius 3 is 2.26 bits per heavy atom. The molecule has 164 valence electrons. The third-order valence-electron chi connectivity index (χ3n) is 8.47. The van der Waals surface area contributed by atoms with Gasteiger partial charge in [-0.15, -0.1) is 11.8 Å². The lowest BCUT2D eigenvalue weighted by molar-refractivity contribution is -0.149. The van der Waals surface area contributed by atoms with Crippen LogP contribution >= 0.6 is 11.8 Å². The van der Waals surface area contributed by atoms with Crippen molar-refractivity contribution in [3.8, 4) is 0 Å². The van der Waals surface area contributed by atoms with Gasteiger partial charge in [0.15, 0.2) is 0 Å². The largest absolute Gasteiger partial charge is 0.311 e. The van der Waals surface area contributed by atoms with Gasteiger partial charge >= 0.3 is 0 Å². The molecular weight excluding hydrogens is 410 g/mol. The highest BCUT2D eigenvalue weighted by Crippen LogP contribution is 2.60. The molecule has 1 aromatic carbocycles. The lowest BCUT2D eigenvalue weighted by Gasteiger charge is -2.55. The summed E-state index contributed by atoms with van der Waals surface area (Å²) >= 11 is 1.67. The highest BCUT2D eigenvalue weighted by molar-refractivity contribution is 8.00. The number of thioether (sulfide) groups is 1. The molecule has 6 nitrogen and oxygen atoms in total. The Kier molecular flexibility index (Phi) is 4.43. The van der Waals surface area contributed by atoms with E-state index in [0.29, 0.717) is 36.3 Å². The number of fused-ring (bicyclic) bond motifs is 1. The number of rotatable bonds is 3. The van der Waals surface area contributed by atoms with E-state index >= 15 is 0 Å². The highest BCUT2D eigenvalue weighted by atomic mass is 32.2. The van der Waals surface area contributed by atoms with E-state index in [2.05, 4.69) is 10.9 Å². The Hall–Kier alpha value is -2.02. The van der Waals surface area contributed by atoms with E-state index in [1.807, 2.05) is 30.3 Å². The molecule has 0 spiro atoms. The molecule has 4 bridgehead atoms. The Bertz CT molecular complexity index is 900. The summed E-state index contributed by atoms with van der Waals surface area (Å²) in [6, 6.07) is 9.43. The van der Waals surface area contributed by atoms with Gasteiger partial charge in [0.2, 0.25) is 11.8 Å². The Labute approximate surface area is 186 Å². The number of hydrazine groups is 1. The van der Waals surface area contributed by atoms with Crippen LogP contribution in [0.1, 0.15) is 56.9 Å². The van der Waals surface area contributed by atoms with E-state index in [4.69, 9.17) is 0 Å². The molecule has 7 heteroatoms. The predicted molar refractivity (Wildman–Crippen MR) is 117 cm³/mol. The lowest BCUT2D eigenvalue weighted by atomic mass is 9.49. The number of carbonyl (C=O) groups is 3. The van der Waals surface area contributed by atoms with Gasteiger partial charge in [0.05, 0.1) is 5.41 Å². The fourth-order valence-electron chi connectivity index (χ4n) is 7.56. The van der Waals surface area contributed by atoms with Gasteiger partial charge in [-0.2, -0.15) is 0 Å². The number of carbonyl (C=O) groups excluding carboxylic acids is 3. The summed E-state index contributed by atoms with van der Waals surface area (Å²) in [7, 11) is 0. The van der Waals surface area contributed by atoms with E-state index < -0.39 is 10.9 Å². The average Bonchev–Trinajstić information content (AvgIpc) is 3.31. The molecule has 2 N–H and O–H groups in total. The van der Waals surface area contributed by atoms with E-state index in [1.165, 1.54) is 19.3 Å². The third-order valence-corrected chi connectivity index (χ3v) is 10.1. The Morgan fingerprint density at radius 2 is 1.61 bits per heavy atom. The first-order chi connectivity index (χ1) is 15.0. The molecule has 7 rings (SSSR count). The van der Waals surface area contributed by atoms with Crippen LogP contribution in [0.3, 0.4) is 0 Å². The normalized spacial score (nSPS) is 40.1. The first-order valence-corrected chi connectivity index (χ1v) is 12.6. The summed E-state index contributed by atoms with van der Waals surface area (Å²) in [6.45, 7) is 0. The standard InChI is InChI=1S/C24H29N3O3S/c28-20-6-7-24(18-4-2-1-3-5-18)27(20)19(14-31-24)21(29)25-26-22(30)23-11-15-8-16(12-23)10-17(9-15)13-23/h1-5,15-17,19H,6-14H2,(H,25,29)(H,26,30)/t15?,16?,17?,19-,23?,24+/m0/s1. The van der Waals surface area contributed by atoms with Crippen LogP contribution in [0.4, 0.5) is 0 Å². The van der Waals surface area contributed by atoms with Crippen molar-refractivity contribution in [2.45, 2.75) is 62.3 Å². The summed E-state index contributed by atoms with van der Waals surface area (Å²) in [6.07, 6.45) is 7.87. The van der Waals surface area contributed by atoms with Gasteiger partial charge in [0.1, 0.15) is 10.9 Å². The van der Waals surface area contributed by atoms with Gasteiger partial charge in [-0.05, 0) is 68.3 Å². The second-order valence-electron chi connectivity index (χ2n) is 10.4. The van der Waals surface area contributed by atoms with Crippen LogP contribution in [-0.4, -0.2) is 34.4 Å². The molecule has 6 aliphatic rings. The maximum absolute atomic E-state index is 13.2. The Balaban J connectivity index is 1.16. The molecule has 2 saturated heterocycles. The van der Waals surface area contributed by atoms with Crippen LogP contribution < -0.4 is 10.9 Å². The van der Waals surface area contributed by atoms with E-state index in [0.717, 1.165) is 24.8 Å². The molecule has 0 aromatic heterocycles. The molecule has 0 unspecified atom stereocenters. The summed E-state index contributed by atoms with van der Waals surface area (Å²) in [5, 5.41) is 0. The molecule has 4 saturated carbocycles. The molecule has 4 aliphatic carbocycles. The predicted octanol–water partition coefficient (Wildman–Crippen LogP) is 2.94. The maximum Gasteiger partial charge on any atom is 0.262 e. The summed E-state index contributed by atoms with van der Waals surface area (Å²) in [4.78, 5) is 40.3. The van der Waals surface area contributed by atoms with Crippen molar-refractivity contribution >= 4 is 29.5 Å². The molecule has 2 atom stereocenters. The quantitative estimate of drug-likeness (QED) is 0.710. The summed E-state index contributed by atoms with van der Waals surface area (Å²) in [5.41, 5.74) is 6.25. The zero-order valence-electron chi connectivity index (χ0n) is 17.6. The number of nitrogens with zero attached hydrogens (tertiary/aromatic N) is 1. The molecule has 2 heterocycles. The monoisotopic (exact) mass is 439 g/mol. The molecule has 3 amide bonds. The molecule has 1 aromatic rings. The van der Waals surface area contributed by atoms with Crippen molar-refractivity contribution in [2.24, 2.45) is 23.2 Å². The van der Waals surface area contributed by atoms with Crippen molar-refractivity contribution in [2.75, 3.05) is 5.75 Å². The smallest absolute Gasteiger partial charge is 0.262 e. The second-order valence-corrected chi connectivity index (χ2v) is 11.7. The van der Waals surface area contributed by atoms with Crippen LogP contribution in [0, 0.1) is 23.2 Å². The van der Waals surface area contributed by atoms with Gasteiger partial charge in [-0.3, -0.25) is 25.2 Å². The average molecular weight is 440 g/mol. The SMILES string of the molecule is O=C(NNC(=O)C12CC3CC(CC(C3)C1)C2)[C@@H]1CS[C@@]2(c3ccccc3)CCC(=O)N12. The zero-order chi connectivity index (χ0) is 21.2. The number of hydrogen-bond acceptors (Lipinski definition) is 4. The number of hydrogen-bond donors (Lipinski definition) is 2. The van der Waals surface area contributed by atoms with E-state index in [9.17, 15) is 14.4 Å². The van der Waals surface area contributed by atoms with Gasteiger partial charge in [-0.25, -0.2) is 0 Å². The van der Waals surface area contributed by atoms with Gasteiger partial charge in [-0.1, -0.05) is 30.3 Å². The zero-order valence-corrected chi connectivity index (χ0v) is 18.5. The van der Waals surface area contributed by atoms with Crippen molar-refractivity contribution in [1.29, 1.82) is 0 Å². The highest BCUT2D eigenvalue weighted by Gasteiger charge is 2.57. The minimum absolute atomic E-state index is 0.0152. The second kappa shape index (κ2) is 6.99. The molecular formula is C24H29N3O3S. The fourth-order valence-corrected chi connectivity index (χ4v) is 9.21. The first-order valence-electron chi connectivity index (χ1n) is 11.6. The number of nitrogens with one attached hydrogen (secondary N) is 2. The van der Waals surface area contributed by atoms with Gasteiger partial charge in [0, 0.05) is 12.2 Å². The first kappa shape index (κ1) is 19.6. The minimum Gasteiger partial charge on any atom is -0.311 e. The lowest BCUT2D eigenvalue weighted by Crippen LogP contribution is -2.59. The minimum atomic E-state index is -0.558. The topological polar surface area (TPSA) is 78.5 Å². The fraction of sp³-hybridized carbons (Fsp3) is 0.625.